The number of fused-ring (bicyclic) bond motifs is 1. The van der Waals surface area contributed by atoms with Gasteiger partial charge >= 0.3 is 281 Å². The van der Waals surface area contributed by atoms with Crippen molar-refractivity contribution in [3.63, 3.8) is 0 Å². The predicted octanol–water partition coefficient (Wildman–Crippen LogP) is 8.38. The molecule has 0 radical (unpaired) electrons. The van der Waals surface area contributed by atoms with Crippen LogP contribution in [-0.4, -0.2) is 34.5 Å². The number of para-hydroxylation sites is 3. The summed E-state index contributed by atoms with van der Waals surface area (Å²) in [7, 11) is -10.8. The molecule has 0 aromatic heterocycles. The topological polar surface area (TPSA) is 102 Å². The van der Waals surface area contributed by atoms with Crippen LogP contribution in [0.25, 0.3) is 0 Å². The molecule has 47 heavy (non-hydrogen) atoms. The van der Waals surface area contributed by atoms with Crippen LogP contribution in [0.5, 0.6) is 17.2 Å². The van der Waals surface area contributed by atoms with E-state index in [4.69, 9.17) is 22.8 Å². The number of unbranched alkanes of at least 4 members (excludes halogenated alkanes) is 2. The average Bonchev–Trinajstić information content (AvgIpc) is 3.62. The van der Waals surface area contributed by atoms with Gasteiger partial charge in [-0.25, -0.2) is 0 Å². The van der Waals surface area contributed by atoms with Gasteiger partial charge in [-0.2, -0.15) is 0 Å². The Labute approximate surface area is 280 Å². The van der Waals surface area contributed by atoms with Gasteiger partial charge in [-0.15, -0.1) is 0 Å². The maximum absolute atomic E-state index is 12.7. The van der Waals surface area contributed by atoms with E-state index in [-0.39, 0.29) is 29.6 Å². The van der Waals surface area contributed by atoms with Crippen molar-refractivity contribution >= 4 is 23.5 Å². The van der Waals surface area contributed by atoms with Crippen LogP contribution in [0.4, 0.5) is 0 Å². The molecular formula is C35H50N3O6P3. The second-order valence-corrected chi connectivity index (χ2v) is 21.2. The molecule has 12 heteroatoms. The van der Waals surface area contributed by atoms with Gasteiger partial charge in [0.05, 0.1) is 0 Å². The molecule has 256 valence electrons. The monoisotopic (exact) mass is 701 g/mol. The molecule has 2 aliphatic heterocycles. The Morgan fingerprint density at radius 2 is 1.43 bits per heavy atom. The third-order valence-electron chi connectivity index (χ3n) is 8.69. The van der Waals surface area contributed by atoms with Gasteiger partial charge < -0.3 is 0 Å². The fourth-order valence-corrected chi connectivity index (χ4v) is 19.2. The summed E-state index contributed by atoms with van der Waals surface area (Å²) in [6.07, 6.45) is 12.9. The molecule has 1 aliphatic carbocycles. The van der Waals surface area contributed by atoms with Gasteiger partial charge in [0.2, 0.25) is 0 Å². The van der Waals surface area contributed by atoms with Gasteiger partial charge in [0.25, 0.3) is 0 Å². The molecule has 5 atom stereocenters. The summed E-state index contributed by atoms with van der Waals surface area (Å²) in [4.78, 5) is 16.3. The normalized spacial score (nSPS) is 27.9. The zero-order valence-corrected chi connectivity index (χ0v) is 30.4. The third kappa shape index (κ3) is 8.43. The molecule has 3 aromatic rings. The fraction of sp³-hybridized carbons (Fsp3) is 0.371. The second kappa shape index (κ2) is 15.4. The van der Waals surface area contributed by atoms with Gasteiger partial charge in [-0.05, 0) is 0 Å². The first-order valence-electron chi connectivity index (χ1n) is 16.8. The quantitative estimate of drug-likeness (QED) is 0.0976. The number of rotatable bonds is 14. The number of allylic oxidation sites excluding steroid dienone is 2. The molecule has 0 bridgehead atoms. The molecule has 9 nitrogen and oxygen atoms in total. The van der Waals surface area contributed by atoms with Crippen molar-refractivity contribution in [2.75, 3.05) is 0 Å². The Morgan fingerprint density at radius 1 is 0.809 bits per heavy atom. The van der Waals surface area contributed by atoms with Crippen molar-refractivity contribution in [3.8, 4) is 17.2 Å². The van der Waals surface area contributed by atoms with Crippen molar-refractivity contribution in [2.24, 2.45) is 0 Å². The molecule has 2 heterocycles. The van der Waals surface area contributed by atoms with E-state index < -0.39 is 23.5 Å². The van der Waals surface area contributed by atoms with E-state index in [2.05, 4.69) is 48.0 Å². The molecule has 3 aliphatic rings. The molecule has 2 fully saturated rings. The number of hydrogen-bond acceptors (Lipinski definition) is 9. The number of benzene rings is 3. The minimum atomic E-state index is -4.07. The summed E-state index contributed by atoms with van der Waals surface area (Å²) in [6, 6.07) is 28.9. The summed E-state index contributed by atoms with van der Waals surface area (Å²) < 4.78 is 34.3. The van der Waals surface area contributed by atoms with Crippen LogP contribution in [0, 0.1) is 0 Å². The summed E-state index contributed by atoms with van der Waals surface area (Å²) >= 11 is 0. The van der Waals surface area contributed by atoms with Gasteiger partial charge in [0.1, 0.15) is 0 Å². The van der Waals surface area contributed by atoms with Crippen LogP contribution < -0.4 is 28.6 Å². The second-order valence-electron chi connectivity index (χ2n) is 12.5. The Balaban J connectivity index is 1.43. The van der Waals surface area contributed by atoms with Crippen LogP contribution in [0.15, 0.2) is 115 Å². The Bertz CT molecular complexity index is 1490. The first-order valence-corrected chi connectivity index (χ1v) is 22.6. The van der Waals surface area contributed by atoms with Crippen molar-refractivity contribution in [2.45, 2.75) is 82.5 Å². The fourth-order valence-electron chi connectivity index (χ4n) is 6.26. The summed E-state index contributed by atoms with van der Waals surface area (Å²) in [6.45, 7) is 6.35. The minimum absolute atomic E-state index is 0.115. The van der Waals surface area contributed by atoms with Crippen LogP contribution in [-0.2, 0) is 9.26 Å². The van der Waals surface area contributed by atoms with E-state index in [1.165, 1.54) is 0 Å². The van der Waals surface area contributed by atoms with E-state index in [0.717, 1.165) is 37.9 Å². The number of nitrogens with one attached hydrogen (secondary N) is 3. The van der Waals surface area contributed by atoms with E-state index in [9.17, 15) is 4.89 Å². The molecule has 4 N–H and O–H groups in total. The molecule has 0 spiro atoms. The van der Waals surface area contributed by atoms with Crippen LogP contribution in [0.1, 0.15) is 52.9 Å². The Kier molecular flexibility index (Phi) is 11.3. The van der Waals surface area contributed by atoms with Crippen LogP contribution in [0.2, 0.25) is 0 Å². The first-order chi connectivity index (χ1) is 22.8. The molecule has 2 saturated heterocycles. The molecule has 3 aromatic carbocycles. The van der Waals surface area contributed by atoms with Crippen molar-refractivity contribution in [1.82, 2.24) is 15.0 Å². The van der Waals surface area contributed by atoms with Gasteiger partial charge in [-0.3, -0.25) is 0 Å². The summed E-state index contributed by atoms with van der Waals surface area (Å²) in [5.74, 6) is 0.875. The van der Waals surface area contributed by atoms with E-state index >= 15 is 0 Å². The standard InChI is InChI=1S/C35H50N3O6P3/c1-4-5-10-19-28(2)41-46(43-32-24-15-8-16-25-32)29(3)36-45(42-31-22-13-7-14-23-31)34(35(45)40-30-20-11-6-12-21-30)37-47(39,38-46)44-33-26-17-9-18-27-33/h6-9,11-18,20,22-30,34-39,45-47H,4-5,10,19,21H2,1-3H3/t28?,29?,30-,34?,35?/m0/s1. The summed E-state index contributed by atoms with van der Waals surface area (Å²) in [5, 5.41) is 7.48. The van der Waals surface area contributed by atoms with E-state index in [1.807, 2.05) is 103 Å². The Morgan fingerprint density at radius 3 is 2.02 bits per heavy atom. The van der Waals surface area contributed by atoms with Gasteiger partial charge in [0.15, 0.2) is 0 Å². The van der Waals surface area contributed by atoms with Gasteiger partial charge in [0, 0.05) is 0 Å². The van der Waals surface area contributed by atoms with Crippen molar-refractivity contribution in [1.29, 1.82) is 0 Å². The maximum atomic E-state index is 12.7. The molecule has 6 rings (SSSR count). The van der Waals surface area contributed by atoms with E-state index in [1.54, 1.807) is 0 Å². The predicted molar refractivity (Wildman–Crippen MR) is 197 cm³/mol. The van der Waals surface area contributed by atoms with Crippen LogP contribution in [0.3, 0.4) is 0 Å². The molecule has 0 saturated carbocycles. The van der Waals surface area contributed by atoms with E-state index in [0.29, 0.717) is 11.5 Å². The van der Waals surface area contributed by atoms with Crippen molar-refractivity contribution in [3.05, 3.63) is 115 Å². The third-order valence-corrected chi connectivity index (χ3v) is 19.6. The van der Waals surface area contributed by atoms with Gasteiger partial charge in [-0.1, -0.05) is 0 Å². The zero-order chi connectivity index (χ0) is 32.7. The molecule has 0 amide bonds. The average molecular weight is 702 g/mol. The molecular weight excluding hydrogens is 651 g/mol. The van der Waals surface area contributed by atoms with Crippen molar-refractivity contribution < 1.29 is 27.7 Å². The number of ether oxygens (including phenoxy) is 1. The summed E-state index contributed by atoms with van der Waals surface area (Å²) in [5.41, 5.74) is 0. The zero-order valence-electron chi connectivity index (χ0n) is 27.4. The molecule has 4 unspecified atom stereocenters. The SMILES string of the molecule is CCCCCC(C)O[PH]1(Oc2ccccc2)N[PH](O)(Oc2ccccc2)NC2C(O[C@H]3C=CC=CC3)[PH]2(Oc2ccccc2)NC1C. The first kappa shape index (κ1) is 34.5. The Hall–Kier alpha value is -2.41. The van der Waals surface area contributed by atoms with Crippen LogP contribution >= 0.6 is 23.5 Å². The number of hydrogen-bond donors (Lipinski definition) is 4.